The van der Waals surface area contributed by atoms with Crippen LogP contribution in [0.5, 0.6) is 0 Å². The van der Waals surface area contributed by atoms with E-state index in [2.05, 4.69) is 62.4 Å². The second kappa shape index (κ2) is 12.2. The third kappa shape index (κ3) is 6.28. The lowest BCUT2D eigenvalue weighted by atomic mass is 9.66. The molecule has 2 fully saturated rings. The van der Waals surface area contributed by atoms with Crippen molar-refractivity contribution in [1.29, 1.82) is 0 Å². The lowest BCUT2D eigenvalue weighted by molar-refractivity contribution is 0.101. The van der Waals surface area contributed by atoms with E-state index in [0.717, 1.165) is 37.5 Å². The topological polar surface area (TPSA) is 0 Å². The summed E-state index contributed by atoms with van der Waals surface area (Å²) in [6.07, 6.45) is 15.5. The zero-order valence-corrected chi connectivity index (χ0v) is 21.1. The van der Waals surface area contributed by atoms with E-state index in [1.807, 2.05) is 0 Å². The molecule has 2 aromatic carbocycles. The maximum atomic E-state index is 15.8. The second-order valence-electron chi connectivity index (χ2n) is 11.0. The highest BCUT2D eigenvalue weighted by Crippen LogP contribution is 2.47. The summed E-state index contributed by atoms with van der Waals surface area (Å²) in [5.41, 5.74) is 5.10. The molecule has 0 saturated heterocycles. The van der Waals surface area contributed by atoms with Gasteiger partial charge in [0.05, 0.1) is 0 Å². The maximum Gasteiger partial charge on any atom is 0.107 e. The van der Waals surface area contributed by atoms with E-state index in [0.29, 0.717) is 5.92 Å². The van der Waals surface area contributed by atoms with E-state index in [1.54, 1.807) is 0 Å². The van der Waals surface area contributed by atoms with Gasteiger partial charge >= 0.3 is 0 Å². The molecular weight excluding hydrogens is 403 g/mol. The minimum absolute atomic E-state index is 0.0543. The first-order valence-corrected chi connectivity index (χ1v) is 14.0. The largest absolute Gasteiger partial charge is 0.247 e. The Bertz CT molecular complexity index is 833. The van der Waals surface area contributed by atoms with Crippen LogP contribution in [0.25, 0.3) is 11.1 Å². The summed E-state index contributed by atoms with van der Waals surface area (Å²) in [6, 6.07) is 17.5. The van der Waals surface area contributed by atoms with Gasteiger partial charge in [-0.15, -0.1) is 0 Å². The van der Waals surface area contributed by atoms with E-state index in [9.17, 15) is 0 Å². The smallest absolute Gasteiger partial charge is 0.107 e. The van der Waals surface area contributed by atoms with Gasteiger partial charge in [-0.05, 0) is 78.5 Å². The average molecular weight is 449 g/mol. The zero-order chi connectivity index (χ0) is 23.0. The fourth-order valence-corrected chi connectivity index (χ4v) is 6.80. The van der Waals surface area contributed by atoms with Crippen LogP contribution >= 0.6 is 0 Å². The molecular formula is C32H45F. The number of benzene rings is 2. The molecule has 0 radical (unpaired) electrons. The molecule has 2 aromatic rings. The average Bonchev–Trinajstić information content (AvgIpc) is 2.85. The summed E-state index contributed by atoms with van der Waals surface area (Å²) >= 11 is 0. The molecule has 0 heterocycles. The van der Waals surface area contributed by atoms with E-state index in [1.165, 1.54) is 80.0 Å². The minimum atomic E-state index is -0.703. The Morgan fingerprint density at radius 2 is 1.55 bits per heavy atom. The van der Waals surface area contributed by atoms with Gasteiger partial charge in [-0.1, -0.05) is 107 Å². The van der Waals surface area contributed by atoms with Gasteiger partial charge in [0.1, 0.15) is 6.17 Å². The molecule has 0 spiro atoms. The molecule has 0 aliphatic heterocycles. The zero-order valence-electron chi connectivity index (χ0n) is 21.1. The van der Waals surface area contributed by atoms with Crippen LogP contribution in [-0.2, 0) is 6.42 Å². The molecule has 33 heavy (non-hydrogen) atoms. The summed E-state index contributed by atoms with van der Waals surface area (Å²) in [5.74, 6) is 2.37. The van der Waals surface area contributed by atoms with Gasteiger partial charge in [0, 0.05) is 5.92 Å². The van der Waals surface area contributed by atoms with Gasteiger partial charge in [-0.2, -0.15) is 0 Å². The number of hydrogen-bond donors (Lipinski definition) is 0. The third-order valence-electron chi connectivity index (χ3n) is 8.73. The Morgan fingerprint density at radius 3 is 2.24 bits per heavy atom. The number of halogens is 1. The molecule has 0 nitrogen and oxygen atoms in total. The summed E-state index contributed by atoms with van der Waals surface area (Å²) < 4.78 is 15.8. The highest BCUT2D eigenvalue weighted by atomic mass is 19.1. The number of rotatable bonds is 9. The number of alkyl halides is 1. The molecule has 2 aliphatic rings. The van der Waals surface area contributed by atoms with Gasteiger partial charge in [-0.25, -0.2) is 4.39 Å². The van der Waals surface area contributed by atoms with Crippen molar-refractivity contribution in [3.05, 3.63) is 59.7 Å². The lowest BCUT2D eigenvalue weighted by Gasteiger charge is -2.40. The van der Waals surface area contributed by atoms with Crippen molar-refractivity contribution in [3.63, 3.8) is 0 Å². The van der Waals surface area contributed by atoms with Crippen LogP contribution < -0.4 is 0 Å². The van der Waals surface area contributed by atoms with Crippen molar-refractivity contribution in [1.82, 2.24) is 0 Å². The predicted molar refractivity (Wildman–Crippen MR) is 140 cm³/mol. The molecule has 4 rings (SSSR count). The Morgan fingerprint density at radius 1 is 0.788 bits per heavy atom. The Hall–Kier alpha value is -1.63. The SMILES string of the molecule is CCCCC[C@H]1CC[C@H](C2CCC(c3cc(CCC)ccc3-c3ccccc3)C(F)C2)CC1. The first-order chi connectivity index (χ1) is 16.2. The Labute approximate surface area is 202 Å². The maximum absolute atomic E-state index is 15.8. The molecule has 0 bridgehead atoms. The number of hydrogen-bond acceptors (Lipinski definition) is 0. The van der Waals surface area contributed by atoms with Crippen LogP contribution in [0.1, 0.15) is 108 Å². The van der Waals surface area contributed by atoms with Crippen LogP contribution in [0.15, 0.2) is 48.5 Å². The highest BCUT2D eigenvalue weighted by molar-refractivity contribution is 5.68. The lowest BCUT2D eigenvalue weighted by Crippen LogP contribution is -2.31. The van der Waals surface area contributed by atoms with E-state index in [-0.39, 0.29) is 5.92 Å². The van der Waals surface area contributed by atoms with Crippen LogP contribution in [0, 0.1) is 17.8 Å². The highest BCUT2D eigenvalue weighted by Gasteiger charge is 2.37. The molecule has 180 valence electrons. The van der Waals surface area contributed by atoms with E-state index in [4.69, 9.17) is 0 Å². The molecule has 0 amide bonds. The fourth-order valence-electron chi connectivity index (χ4n) is 6.80. The van der Waals surface area contributed by atoms with Gasteiger partial charge in [0.25, 0.3) is 0 Å². The predicted octanol–water partition coefficient (Wildman–Crippen LogP) is 9.91. The first kappa shape index (κ1) is 24.5. The van der Waals surface area contributed by atoms with Gasteiger partial charge in [0.2, 0.25) is 0 Å². The van der Waals surface area contributed by atoms with Crippen molar-refractivity contribution in [2.75, 3.05) is 0 Å². The summed E-state index contributed by atoms with van der Waals surface area (Å²) in [5, 5.41) is 0. The summed E-state index contributed by atoms with van der Waals surface area (Å²) in [7, 11) is 0. The third-order valence-corrected chi connectivity index (χ3v) is 8.73. The van der Waals surface area contributed by atoms with E-state index < -0.39 is 6.17 Å². The monoisotopic (exact) mass is 448 g/mol. The van der Waals surface area contributed by atoms with E-state index >= 15 is 4.39 Å². The molecule has 3 unspecified atom stereocenters. The fraction of sp³-hybridized carbons (Fsp3) is 0.625. The van der Waals surface area contributed by atoms with Crippen LogP contribution in [-0.4, -0.2) is 6.17 Å². The molecule has 1 heteroatoms. The quantitative estimate of drug-likeness (QED) is 0.335. The summed E-state index contributed by atoms with van der Waals surface area (Å²) in [4.78, 5) is 0. The van der Waals surface area contributed by atoms with Crippen LogP contribution in [0.4, 0.5) is 4.39 Å². The van der Waals surface area contributed by atoms with Crippen molar-refractivity contribution < 1.29 is 4.39 Å². The molecule has 0 N–H and O–H groups in total. The minimum Gasteiger partial charge on any atom is -0.247 e. The molecule has 3 atom stereocenters. The second-order valence-corrected chi connectivity index (χ2v) is 11.0. The summed E-state index contributed by atoms with van der Waals surface area (Å²) in [6.45, 7) is 4.52. The van der Waals surface area contributed by atoms with Crippen molar-refractivity contribution >= 4 is 0 Å². The molecule has 2 aliphatic carbocycles. The Kier molecular flexibility index (Phi) is 9.04. The van der Waals surface area contributed by atoms with Crippen LogP contribution in [0.3, 0.4) is 0 Å². The Balaban J connectivity index is 1.42. The van der Waals surface area contributed by atoms with Gasteiger partial charge in [-0.3, -0.25) is 0 Å². The normalized spacial score (nSPS) is 28.0. The van der Waals surface area contributed by atoms with Crippen molar-refractivity contribution in [3.8, 4) is 11.1 Å². The number of aryl methyl sites for hydroxylation is 1. The standard InChI is InChI=1S/C32H45F/c1-3-5-7-11-24-14-17-26(18-15-24)28-19-21-30(32(33)23-28)31-22-25(10-4-2)16-20-29(31)27-12-8-6-9-13-27/h6,8-9,12-13,16,20,22,24,26,28,30,32H,3-5,7,10-11,14-15,17-19,21,23H2,1-2H3/t24-,26-,28?,30?,32?. The van der Waals surface area contributed by atoms with Gasteiger partial charge < -0.3 is 0 Å². The van der Waals surface area contributed by atoms with Crippen LogP contribution in [0.2, 0.25) is 0 Å². The first-order valence-electron chi connectivity index (χ1n) is 14.0. The number of unbranched alkanes of at least 4 members (excludes halogenated alkanes) is 2. The van der Waals surface area contributed by atoms with Gasteiger partial charge in [0.15, 0.2) is 0 Å². The van der Waals surface area contributed by atoms with Crippen molar-refractivity contribution in [2.45, 2.75) is 109 Å². The van der Waals surface area contributed by atoms with Crippen molar-refractivity contribution in [2.24, 2.45) is 17.8 Å². The molecule has 2 saturated carbocycles. The molecule has 0 aromatic heterocycles.